The molecule has 0 aliphatic rings. The van der Waals surface area contributed by atoms with Crippen LogP contribution in [0.5, 0.6) is 0 Å². The van der Waals surface area contributed by atoms with Crippen LogP contribution in [0.15, 0.2) is 6.20 Å². The zero-order chi connectivity index (χ0) is 13.1. The van der Waals surface area contributed by atoms with Gasteiger partial charge in [-0.1, -0.05) is 0 Å². The molecule has 0 aromatic carbocycles. The van der Waals surface area contributed by atoms with Gasteiger partial charge in [0.15, 0.2) is 5.44 Å². The van der Waals surface area contributed by atoms with Crippen LogP contribution < -0.4 is 10.7 Å². The summed E-state index contributed by atoms with van der Waals surface area (Å²) < 4.78 is 43.5. The monoisotopic (exact) mass is 284 g/mol. The highest BCUT2D eigenvalue weighted by molar-refractivity contribution is 7.68. The van der Waals surface area contributed by atoms with E-state index >= 15 is 0 Å². The zero-order valence-corrected chi connectivity index (χ0v) is 11.7. The van der Waals surface area contributed by atoms with Gasteiger partial charge in [-0.15, -0.1) is 0 Å². The van der Waals surface area contributed by atoms with Crippen molar-refractivity contribution in [2.75, 3.05) is 28.4 Å². The summed E-state index contributed by atoms with van der Waals surface area (Å²) in [6.45, 7) is 0. The van der Waals surface area contributed by atoms with Crippen molar-refractivity contribution < 1.29 is 27.2 Å². The van der Waals surface area contributed by atoms with Gasteiger partial charge in [-0.3, -0.25) is 14.2 Å². The highest BCUT2D eigenvalue weighted by atomic mass is 31.2. The molecule has 1 aromatic heterocycles. The van der Waals surface area contributed by atoms with Crippen LogP contribution in [0.3, 0.4) is 0 Å². The van der Waals surface area contributed by atoms with Crippen molar-refractivity contribution in [3.8, 4) is 0 Å². The van der Waals surface area contributed by atoms with Crippen LogP contribution in [-0.4, -0.2) is 38.6 Å². The lowest BCUT2D eigenvalue weighted by Crippen LogP contribution is -2.26. The van der Waals surface area contributed by atoms with Crippen LogP contribution in [-0.2, 0) is 27.2 Å². The predicted octanol–water partition coefficient (Wildman–Crippen LogP) is 0.632. The van der Waals surface area contributed by atoms with Gasteiger partial charge in [0.25, 0.3) is 0 Å². The molecule has 0 bridgehead atoms. The average Bonchev–Trinajstić information content (AvgIpc) is 2.87. The summed E-state index contributed by atoms with van der Waals surface area (Å²) in [7, 11) is -2.33. The number of nitrogens with zero attached hydrogens (tertiary/aromatic N) is 1. The first-order chi connectivity index (χ1) is 7.97. The zero-order valence-electron chi connectivity index (χ0n) is 9.87. The van der Waals surface area contributed by atoms with Gasteiger partial charge in [-0.2, -0.15) is 5.10 Å². The Balaban J connectivity index is 3.36. The van der Waals surface area contributed by atoms with Gasteiger partial charge in [0, 0.05) is 28.4 Å². The maximum Gasteiger partial charge on any atom is 0.379 e. The minimum Gasteiger partial charge on any atom is -0.308 e. The van der Waals surface area contributed by atoms with Gasteiger partial charge in [-0.25, -0.2) is 0 Å². The second kappa shape index (κ2) is 5.44. The van der Waals surface area contributed by atoms with E-state index in [1.165, 1.54) is 34.6 Å². The van der Waals surface area contributed by atoms with Gasteiger partial charge in [0.1, 0.15) is 5.30 Å². The van der Waals surface area contributed by atoms with Crippen LogP contribution >= 0.6 is 15.2 Å². The standard InChI is InChI=1S/C7H14N2O6P2/c1-12-16(10,13-2)6-5-8-9-7(6)17(11,14-3)15-4/h5H,1-4H3,(H,8,9). The van der Waals surface area contributed by atoms with Crippen LogP contribution in [0.4, 0.5) is 0 Å². The molecular weight excluding hydrogens is 270 g/mol. The summed E-state index contributed by atoms with van der Waals surface area (Å²) in [5, 5.41) is 6.11. The largest absolute Gasteiger partial charge is 0.379 e. The molecule has 1 aromatic rings. The average molecular weight is 284 g/mol. The highest BCUT2D eigenvalue weighted by Crippen LogP contribution is 2.50. The van der Waals surface area contributed by atoms with E-state index in [1.807, 2.05) is 0 Å². The molecule has 0 amide bonds. The molecule has 0 saturated heterocycles. The topological polar surface area (TPSA) is 99.7 Å². The number of rotatable bonds is 6. The summed E-state index contributed by atoms with van der Waals surface area (Å²) in [5.74, 6) is 0. The SMILES string of the molecule is COP(=O)(OC)c1cn[nH]c1P(=O)(OC)OC. The lowest BCUT2D eigenvalue weighted by molar-refractivity contribution is 0.282. The number of hydrogen-bond donors (Lipinski definition) is 1. The first-order valence-corrected chi connectivity index (χ1v) is 7.53. The van der Waals surface area contributed by atoms with E-state index in [2.05, 4.69) is 10.2 Å². The van der Waals surface area contributed by atoms with Gasteiger partial charge in [0.05, 0.1) is 6.20 Å². The summed E-state index contributed by atoms with van der Waals surface area (Å²) in [6.07, 6.45) is 1.20. The summed E-state index contributed by atoms with van der Waals surface area (Å²) in [6, 6.07) is 0. The molecule has 98 valence electrons. The van der Waals surface area contributed by atoms with E-state index in [4.69, 9.17) is 18.1 Å². The molecule has 1 rings (SSSR count). The molecule has 0 saturated carbocycles. The van der Waals surface area contributed by atoms with Crippen molar-refractivity contribution >= 4 is 25.9 Å². The molecule has 0 spiro atoms. The minimum atomic E-state index is -3.60. The Morgan fingerprint density at radius 3 is 1.88 bits per heavy atom. The van der Waals surface area contributed by atoms with Gasteiger partial charge in [0.2, 0.25) is 0 Å². The highest BCUT2D eigenvalue weighted by Gasteiger charge is 2.39. The number of H-pyrrole nitrogens is 1. The Hall–Kier alpha value is -0.490. The van der Waals surface area contributed by atoms with Crippen molar-refractivity contribution in [3.05, 3.63) is 6.20 Å². The molecule has 8 nitrogen and oxygen atoms in total. The third kappa shape index (κ3) is 2.52. The van der Waals surface area contributed by atoms with Crippen molar-refractivity contribution in [1.29, 1.82) is 0 Å². The third-order valence-corrected chi connectivity index (χ3v) is 6.05. The van der Waals surface area contributed by atoms with Crippen LogP contribution in [0.25, 0.3) is 0 Å². The summed E-state index contributed by atoms with van der Waals surface area (Å²) in [4.78, 5) is 0. The second-order valence-corrected chi connectivity index (χ2v) is 7.21. The van der Waals surface area contributed by atoms with E-state index < -0.39 is 15.2 Å². The molecule has 1 heterocycles. The van der Waals surface area contributed by atoms with E-state index in [0.29, 0.717) is 0 Å². The van der Waals surface area contributed by atoms with Crippen molar-refractivity contribution in [2.24, 2.45) is 0 Å². The smallest absolute Gasteiger partial charge is 0.308 e. The Labute approximate surface area is 98.7 Å². The molecule has 0 atom stereocenters. The number of aromatic amines is 1. The van der Waals surface area contributed by atoms with Crippen LogP contribution in [0.2, 0.25) is 0 Å². The summed E-state index contributed by atoms with van der Waals surface area (Å²) >= 11 is 0. The molecular formula is C7H14N2O6P2. The molecule has 0 radical (unpaired) electrons. The molecule has 1 N–H and O–H groups in total. The van der Waals surface area contributed by atoms with Crippen molar-refractivity contribution in [3.63, 3.8) is 0 Å². The number of nitrogens with one attached hydrogen (secondary N) is 1. The van der Waals surface area contributed by atoms with Crippen molar-refractivity contribution in [1.82, 2.24) is 10.2 Å². The molecule has 10 heteroatoms. The Bertz CT molecular complexity index is 416. The Morgan fingerprint density at radius 2 is 1.47 bits per heavy atom. The number of aromatic nitrogens is 2. The van der Waals surface area contributed by atoms with Crippen LogP contribution in [0.1, 0.15) is 0 Å². The van der Waals surface area contributed by atoms with E-state index in [-0.39, 0.29) is 10.7 Å². The minimum absolute atomic E-state index is 0.0227. The molecule has 0 fully saturated rings. The quantitative estimate of drug-likeness (QED) is 0.765. The normalized spacial score (nSPS) is 12.9. The molecule has 0 aliphatic heterocycles. The molecule has 0 aliphatic carbocycles. The molecule has 17 heavy (non-hydrogen) atoms. The maximum atomic E-state index is 12.2. The van der Waals surface area contributed by atoms with Gasteiger partial charge in [-0.05, 0) is 0 Å². The first-order valence-electron chi connectivity index (χ1n) is 4.45. The van der Waals surface area contributed by atoms with Crippen molar-refractivity contribution in [2.45, 2.75) is 0 Å². The molecule has 0 unspecified atom stereocenters. The second-order valence-electron chi connectivity index (χ2n) is 2.83. The summed E-state index contributed by atoms with van der Waals surface area (Å²) in [5.41, 5.74) is -0.0467. The fraction of sp³-hybridized carbons (Fsp3) is 0.571. The van der Waals surface area contributed by atoms with E-state index in [9.17, 15) is 9.13 Å². The lowest BCUT2D eigenvalue weighted by Gasteiger charge is -2.17. The Kier molecular flexibility index (Phi) is 4.66. The fourth-order valence-electron chi connectivity index (χ4n) is 1.20. The van der Waals surface area contributed by atoms with E-state index in [1.54, 1.807) is 0 Å². The lowest BCUT2D eigenvalue weighted by atomic mass is 10.7. The maximum absolute atomic E-state index is 12.2. The van der Waals surface area contributed by atoms with Gasteiger partial charge < -0.3 is 18.1 Å². The third-order valence-electron chi connectivity index (χ3n) is 2.13. The Morgan fingerprint density at radius 1 is 1.00 bits per heavy atom. The van der Waals surface area contributed by atoms with E-state index in [0.717, 1.165) is 0 Å². The fourth-order valence-corrected chi connectivity index (χ4v) is 4.02. The first kappa shape index (κ1) is 14.6. The van der Waals surface area contributed by atoms with Gasteiger partial charge >= 0.3 is 15.2 Å². The number of hydrogen-bond acceptors (Lipinski definition) is 7. The predicted molar refractivity (Wildman–Crippen MR) is 61.1 cm³/mol. The van der Waals surface area contributed by atoms with Crippen LogP contribution in [0, 0.1) is 0 Å².